The van der Waals surface area contributed by atoms with Crippen molar-refractivity contribution >= 4 is 17.3 Å². The molecule has 1 aromatic rings. The molecule has 6 heteroatoms. The third kappa shape index (κ3) is 2.80. The van der Waals surface area contributed by atoms with Crippen LogP contribution < -0.4 is 11.5 Å². The van der Waals surface area contributed by atoms with Crippen molar-refractivity contribution in [2.24, 2.45) is 0 Å². The molecule has 2 rings (SSSR count). The second-order valence-electron chi connectivity index (χ2n) is 4.79. The topological polar surface area (TPSA) is 102 Å². The molecule has 1 amide bonds. The third-order valence-corrected chi connectivity index (χ3v) is 3.28. The van der Waals surface area contributed by atoms with E-state index in [1.54, 1.807) is 23.1 Å². The van der Waals surface area contributed by atoms with Gasteiger partial charge in [-0.2, -0.15) is 0 Å². The summed E-state index contributed by atoms with van der Waals surface area (Å²) in [6.07, 6.45) is -0.338. The number of amides is 1. The van der Waals surface area contributed by atoms with Gasteiger partial charge in [0.1, 0.15) is 0 Å². The van der Waals surface area contributed by atoms with Crippen LogP contribution in [0.5, 0.6) is 0 Å². The molecule has 104 valence electrons. The molecule has 6 nitrogen and oxygen atoms in total. The first-order valence-electron chi connectivity index (χ1n) is 6.21. The largest absolute Gasteiger partial charge is 0.399 e. The lowest BCUT2D eigenvalue weighted by Crippen LogP contribution is -2.52. The van der Waals surface area contributed by atoms with Gasteiger partial charge >= 0.3 is 0 Å². The Balaban J connectivity index is 2.22. The number of aliphatic hydroxyl groups is 1. The molecule has 0 bridgehead atoms. The first-order chi connectivity index (χ1) is 9.02. The highest BCUT2D eigenvalue weighted by molar-refractivity contribution is 5.99. The molecular formula is C13H19N3O3. The van der Waals surface area contributed by atoms with Gasteiger partial charge in [0.25, 0.3) is 5.91 Å². The third-order valence-electron chi connectivity index (χ3n) is 3.28. The summed E-state index contributed by atoms with van der Waals surface area (Å²) in [7, 11) is 0. The Labute approximate surface area is 111 Å². The van der Waals surface area contributed by atoms with E-state index in [1.807, 2.05) is 6.92 Å². The Hall–Kier alpha value is -1.79. The number of nitrogen functional groups attached to an aromatic ring is 2. The van der Waals surface area contributed by atoms with Crippen LogP contribution in [0.3, 0.4) is 0 Å². The molecule has 1 aliphatic heterocycles. The fraction of sp³-hybridized carbons (Fsp3) is 0.462. The van der Waals surface area contributed by atoms with Crippen LogP contribution in [0.25, 0.3) is 0 Å². The van der Waals surface area contributed by atoms with E-state index in [0.29, 0.717) is 30.1 Å². The molecule has 2 unspecified atom stereocenters. The Morgan fingerprint density at radius 1 is 1.53 bits per heavy atom. The van der Waals surface area contributed by atoms with Gasteiger partial charge in [0.15, 0.2) is 0 Å². The first kappa shape index (κ1) is 13.6. The van der Waals surface area contributed by atoms with E-state index in [1.165, 1.54) is 0 Å². The lowest BCUT2D eigenvalue weighted by molar-refractivity contribution is -0.0667. The van der Waals surface area contributed by atoms with Crippen molar-refractivity contribution in [2.45, 2.75) is 19.1 Å². The normalized spacial score (nSPS) is 23.4. The molecular weight excluding hydrogens is 246 g/mol. The maximum absolute atomic E-state index is 12.5. The minimum atomic E-state index is -0.338. The minimum absolute atomic E-state index is 0.0488. The van der Waals surface area contributed by atoms with Crippen LogP contribution in [0.15, 0.2) is 18.2 Å². The molecule has 0 radical (unpaired) electrons. The van der Waals surface area contributed by atoms with E-state index in [4.69, 9.17) is 21.3 Å². The highest BCUT2D eigenvalue weighted by atomic mass is 16.5. The average molecular weight is 265 g/mol. The lowest BCUT2D eigenvalue weighted by Gasteiger charge is -2.37. The zero-order valence-corrected chi connectivity index (χ0v) is 10.9. The van der Waals surface area contributed by atoms with E-state index < -0.39 is 0 Å². The number of morpholine rings is 1. The van der Waals surface area contributed by atoms with Crippen LogP contribution in [-0.4, -0.2) is 47.8 Å². The molecule has 1 heterocycles. The van der Waals surface area contributed by atoms with E-state index in [0.717, 1.165) is 0 Å². The van der Waals surface area contributed by atoms with Crippen molar-refractivity contribution in [3.05, 3.63) is 23.8 Å². The Kier molecular flexibility index (Phi) is 3.92. The maximum atomic E-state index is 12.5. The fourth-order valence-electron chi connectivity index (χ4n) is 2.14. The Morgan fingerprint density at radius 3 is 2.89 bits per heavy atom. The lowest BCUT2D eigenvalue weighted by atomic mass is 10.1. The standard InChI is InChI=1S/C13H19N3O3/c1-8-7-19-10(6-17)5-16(8)13(18)11-3-2-9(14)4-12(11)15/h2-4,8,10,17H,5-7,14-15H2,1H3. The second kappa shape index (κ2) is 5.46. The predicted molar refractivity (Wildman–Crippen MR) is 72.6 cm³/mol. The highest BCUT2D eigenvalue weighted by Gasteiger charge is 2.30. The van der Waals surface area contributed by atoms with Crippen LogP contribution in [0.4, 0.5) is 11.4 Å². The maximum Gasteiger partial charge on any atom is 0.256 e. The minimum Gasteiger partial charge on any atom is -0.399 e. The van der Waals surface area contributed by atoms with Crippen LogP contribution in [0.1, 0.15) is 17.3 Å². The summed E-state index contributed by atoms with van der Waals surface area (Å²) < 4.78 is 5.41. The summed E-state index contributed by atoms with van der Waals surface area (Å²) in [6.45, 7) is 2.57. The van der Waals surface area contributed by atoms with E-state index in [2.05, 4.69) is 0 Å². The van der Waals surface area contributed by atoms with Crippen molar-refractivity contribution in [2.75, 3.05) is 31.2 Å². The summed E-state index contributed by atoms with van der Waals surface area (Å²) in [5, 5.41) is 9.13. The van der Waals surface area contributed by atoms with Gasteiger partial charge < -0.3 is 26.2 Å². The fourth-order valence-corrected chi connectivity index (χ4v) is 2.14. The van der Waals surface area contributed by atoms with E-state index in [-0.39, 0.29) is 24.7 Å². The molecule has 0 aromatic heterocycles. The number of benzene rings is 1. The van der Waals surface area contributed by atoms with Gasteiger partial charge in [0.2, 0.25) is 0 Å². The van der Waals surface area contributed by atoms with Gasteiger partial charge in [-0.25, -0.2) is 0 Å². The smallest absolute Gasteiger partial charge is 0.256 e. The quantitative estimate of drug-likeness (QED) is 0.657. The molecule has 1 saturated heterocycles. The van der Waals surface area contributed by atoms with E-state index >= 15 is 0 Å². The number of anilines is 2. The number of carbonyl (C=O) groups is 1. The molecule has 19 heavy (non-hydrogen) atoms. The SMILES string of the molecule is CC1COC(CO)CN1C(=O)c1ccc(N)cc1N. The predicted octanol–water partition coefficient (Wildman–Crippen LogP) is 0.0728. The van der Waals surface area contributed by atoms with Crippen LogP contribution in [0, 0.1) is 0 Å². The molecule has 0 aliphatic carbocycles. The number of nitrogens with zero attached hydrogens (tertiary/aromatic N) is 1. The van der Waals surface area contributed by atoms with Gasteiger partial charge in [0, 0.05) is 17.9 Å². The number of rotatable bonds is 2. The summed E-state index contributed by atoms with van der Waals surface area (Å²) in [5.74, 6) is -0.160. The number of ether oxygens (including phenoxy) is 1. The molecule has 2 atom stereocenters. The molecule has 0 spiro atoms. The first-order valence-corrected chi connectivity index (χ1v) is 6.21. The van der Waals surface area contributed by atoms with Gasteiger partial charge in [-0.3, -0.25) is 4.79 Å². The summed E-state index contributed by atoms with van der Waals surface area (Å²) in [5.41, 5.74) is 12.8. The molecule has 1 aliphatic rings. The van der Waals surface area contributed by atoms with Crippen LogP contribution >= 0.6 is 0 Å². The monoisotopic (exact) mass is 265 g/mol. The number of nitrogens with two attached hydrogens (primary N) is 2. The van der Waals surface area contributed by atoms with Gasteiger partial charge in [-0.15, -0.1) is 0 Å². The summed E-state index contributed by atoms with van der Waals surface area (Å²) in [4.78, 5) is 14.1. The van der Waals surface area contributed by atoms with Gasteiger partial charge in [-0.05, 0) is 25.1 Å². The Bertz CT molecular complexity index is 478. The number of hydrogen-bond acceptors (Lipinski definition) is 5. The number of aliphatic hydroxyl groups excluding tert-OH is 1. The average Bonchev–Trinajstić information content (AvgIpc) is 2.38. The van der Waals surface area contributed by atoms with Gasteiger partial charge in [-0.1, -0.05) is 0 Å². The van der Waals surface area contributed by atoms with Crippen molar-refractivity contribution in [3.8, 4) is 0 Å². The molecule has 1 aromatic carbocycles. The van der Waals surface area contributed by atoms with Crippen LogP contribution in [-0.2, 0) is 4.74 Å². The van der Waals surface area contributed by atoms with Gasteiger partial charge in [0.05, 0.1) is 30.9 Å². The van der Waals surface area contributed by atoms with Crippen molar-refractivity contribution in [1.82, 2.24) is 4.90 Å². The number of hydrogen-bond donors (Lipinski definition) is 3. The second-order valence-corrected chi connectivity index (χ2v) is 4.79. The van der Waals surface area contributed by atoms with Crippen molar-refractivity contribution in [1.29, 1.82) is 0 Å². The van der Waals surface area contributed by atoms with Crippen molar-refractivity contribution < 1.29 is 14.6 Å². The van der Waals surface area contributed by atoms with Crippen LogP contribution in [0.2, 0.25) is 0 Å². The zero-order valence-electron chi connectivity index (χ0n) is 10.9. The highest BCUT2D eigenvalue weighted by Crippen LogP contribution is 2.21. The number of carbonyl (C=O) groups excluding carboxylic acids is 1. The summed E-state index contributed by atoms with van der Waals surface area (Å²) in [6, 6.07) is 4.80. The van der Waals surface area contributed by atoms with E-state index in [9.17, 15) is 4.79 Å². The molecule has 5 N–H and O–H groups in total. The zero-order chi connectivity index (χ0) is 14.0. The molecule has 1 fully saturated rings. The van der Waals surface area contributed by atoms with Crippen molar-refractivity contribution in [3.63, 3.8) is 0 Å². The molecule has 0 saturated carbocycles. The summed E-state index contributed by atoms with van der Waals surface area (Å²) >= 11 is 0. The Morgan fingerprint density at radius 2 is 2.26 bits per heavy atom.